The highest BCUT2D eigenvalue weighted by Crippen LogP contribution is 2.30. The first-order valence-electron chi connectivity index (χ1n) is 3.83. The molecule has 0 aliphatic heterocycles. The number of pyridine rings is 1. The molecule has 1 aromatic heterocycles. The van der Waals surface area contributed by atoms with Crippen LogP contribution in [0, 0.1) is 10.5 Å². The monoisotopic (exact) mass is 365 g/mol. The van der Waals surface area contributed by atoms with Crippen molar-refractivity contribution in [1.82, 2.24) is 4.98 Å². The smallest absolute Gasteiger partial charge is 0.403 e. The van der Waals surface area contributed by atoms with Gasteiger partial charge in [0.15, 0.2) is 5.75 Å². The van der Waals surface area contributed by atoms with E-state index in [1.807, 2.05) is 0 Å². The maximum absolute atomic E-state index is 12.0. The minimum atomic E-state index is -4.79. The zero-order valence-corrected chi connectivity index (χ0v) is 10.6. The first-order chi connectivity index (χ1) is 7.20. The molecule has 0 saturated carbocycles. The molecule has 0 atom stereocenters. The first kappa shape index (κ1) is 13.5. The van der Waals surface area contributed by atoms with Crippen molar-refractivity contribution in [1.29, 1.82) is 0 Å². The Morgan fingerprint density at radius 1 is 1.56 bits per heavy atom. The maximum atomic E-state index is 12.0. The lowest BCUT2D eigenvalue weighted by atomic mass is 10.3. The molecule has 16 heavy (non-hydrogen) atoms. The molecule has 0 aliphatic carbocycles. The van der Waals surface area contributed by atoms with Gasteiger partial charge in [0.25, 0.3) is 5.24 Å². The molecule has 1 heterocycles. The van der Waals surface area contributed by atoms with Crippen molar-refractivity contribution in [2.45, 2.75) is 13.3 Å². The third-order valence-corrected chi connectivity index (χ3v) is 2.51. The molecule has 0 unspecified atom stereocenters. The number of carbonyl (C=O) groups excluding carboxylic acids is 1. The molecule has 1 rings (SSSR count). The highest BCUT2D eigenvalue weighted by atomic mass is 127. The highest BCUT2D eigenvalue weighted by Gasteiger charge is 2.33. The van der Waals surface area contributed by atoms with E-state index in [0.717, 1.165) is 6.07 Å². The Morgan fingerprint density at radius 3 is 2.50 bits per heavy atom. The fourth-order valence-electron chi connectivity index (χ4n) is 0.961. The number of hydrogen-bond acceptors (Lipinski definition) is 3. The number of aryl methyl sites for hydroxylation is 1. The van der Waals surface area contributed by atoms with E-state index >= 15 is 0 Å². The molecule has 1 aromatic rings. The summed E-state index contributed by atoms with van der Waals surface area (Å²) in [6.07, 6.45) is -4.79. The summed E-state index contributed by atoms with van der Waals surface area (Å²) in [4.78, 5) is 14.4. The van der Waals surface area contributed by atoms with Crippen LogP contribution in [0.2, 0.25) is 0 Å². The molecule has 0 aliphatic rings. The summed E-state index contributed by atoms with van der Waals surface area (Å²) in [5.41, 5.74) is -0.161. The minimum absolute atomic E-state index is 0.0479. The molecule has 88 valence electrons. The van der Waals surface area contributed by atoms with Crippen LogP contribution >= 0.6 is 34.2 Å². The van der Waals surface area contributed by atoms with Crippen LogP contribution in [-0.4, -0.2) is 16.6 Å². The standard InChI is InChI=1S/C8H4ClF3INO2/c1-3-6(16-8(10,11)12)4(13)2-5(14-3)7(9)15/h2H,1H3. The number of aromatic nitrogens is 1. The van der Waals surface area contributed by atoms with Crippen LogP contribution in [0.15, 0.2) is 6.07 Å². The quantitative estimate of drug-likeness (QED) is 0.596. The fourth-order valence-corrected chi connectivity index (χ4v) is 1.85. The molecule has 0 bridgehead atoms. The van der Waals surface area contributed by atoms with Gasteiger partial charge in [-0.2, -0.15) is 0 Å². The predicted molar refractivity (Wildman–Crippen MR) is 58.6 cm³/mol. The van der Waals surface area contributed by atoms with Gasteiger partial charge in [0.2, 0.25) is 0 Å². The van der Waals surface area contributed by atoms with Gasteiger partial charge in [-0.15, -0.1) is 13.2 Å². The lowest BCUT2D eigenvalue weighted by Crippen LogP contribution is -2.19. The number of nitrogens with zero attached hydrogens (tertiary/aromatic N) is 1. The molecule has 0 spiro atoms. The topological polar surface area (TPSA) is 39.2 Å². The number of hydrogen-bond donors (Lipinski definition) is 0. The average Bonchev–Trinajstić information content (AvgIpc) is 2.09. The third-order valence-electron chi connectivity index (χ3n) is 1.52. The van der Waals surface area contributed by atoms with Gasteiger partial charge in [-0.3, -0.25) is 4.79 Å². The number of carbonyl (C=O) groups is 1. The summed E-state index contributed by atoms with van der Waals surface area (Å²) in [5, 5.41) is -0.834. The van der Waals surface area contributed by atoms with E-state index in [1.165, 1.54) is 6.92 Å². The lowest BCUT2D eigenvalue weighted by Gasteiger charge is -2.12. The molecule has 0 radical (unpaired) electrons. The number of rotatable bonds is 2. The van der Waals surface area contributed by atoms with E-state index < -0.39 is 17.4 Å². The van der Waals surface area contributed by atoms with Crippen LogP contribution in [0.5, 0.6) is 5.75 Å². The van der Waals surface area contributed by atoms with E-state index in [9.17, 15) is 18.0 Å². The Bertz CT molecular complexity index is 413. The van der Waals surface area contributed by atoms with Gasteiger partial charge in [-0.1, -0.05) is 0 Å². The van der Waals surface area contributed by atoms with Crippen LogP contribution in [0.1, 0.15) is 16.2 Å². The molecule has 0 fully saturated rings. The Balaban J connectivity index is 3.18. The highest BCUT2D eigenvalue weighted by molar-refractivity contribution is 14.1. The SMILES string of the molecule is Cc1nc(C(=O)Cl)cc(I)c1OC(F)(F)F. The van der Waals surface area contributed by atoms with Crippen molar-refractivity contribution >= 4 is 39.4 Å². The number of halogens is 5. The molecule has 0 saturated heterocycles. The summed E-state index contributed by atoms with van der Waals surface area (Å²) < 4.78 is 39.9. The Morgan fingerprint density at radius 2 is 2.12 bits per heavy atom. The molecule has 0 aromatic carbocycles. The van der Waals surface area contributed by atoms with Crippen molar-refractivity contribution in [2.75, 3.05) is 0 Å². The van der Waals surface area contributed by atoms with Crippen LogP contribution in [-0.2, 0) is 0 Å². The average molecular weight is 365 g/mol. The van der Waals surface area contributed by atoms with E-state index in [4.69, 9.17) is 11.6 Å². The van der Waals surface area contributed by atoms with Crippen molar-refractivity contribution in [3.63, 3.8) is 0 Å². The molecular formula is C8H4ClF3INO2. The lowest BCUT2D eigenvalue weighted by molar-refractivity contribution is -0.275. The Kier molecular flexibility index (Phi) is 4.00. The van der Waals surface area contributed by atoms with Crippen molar-refractivity contribution in [3.05, 3.63) is 21.0 Å². The summed E-state index contributed by atoms with van der Waals surface area (Å²) in [5.74, 6) is -0.422. The van der Waals surface area contributed by atoms with Crippen LogP contribution in [0.25, 0.3) is 0 Å². The van der Waals surface area contributed by atoms with Gasteiger partial charge in [0, 0.05) is 0 Å². The fraction of sp³-hybridized carbons (Fsp3) is 0.250. The molecule has 0 amide bonds. The summed E-state index contributed by atoms with van der Waals surface area (Å²) in [7, 11) is 0. The molecule has 8 heteroatoms. The normalized spacial score (nSPS) is 11.4. The number of alkyl halides is 3. The zero-order chi connectivity index (χ0) is 12.5. The predicted octanol–water partition coefficient (Wildman–Crippen LogP) is 3.27. The van der Waals surface area contributed by atoms with Crippen LogP contribution in [0.3, 0.4) is 0 Å². The Labute approximate surface area is 107 Å². The van der Waals surface area contributed by atoms with Gasteiger partial charge in [-0.25, -0.2) is 4.98 Å². The van der Waals surface area contributed by atoms with Gasteiger partial charge in [0.1, 0.15) is 5.69 Å². The maximum Gasteiger partial charge on any atom is 0.573 e. The van der Waals surface area contributed by atoms with E-state index in [0.29, 0.717) is 0 Å². The van der Waals surface area contributed by atoms with Gasteiger partial charge >= 0.3 is 6.36 Å². The van der Waals surface area contributed by atoms with Gasteiger partial charge < -0.3 is 4.74 Å². The third kappa shape index (κ3) is 3.48. The first-order valence-corrected chi connectivity index (χ1v) is 5.29. The summed E-state index contributed by atoms with van der Waals surface area (Å²) in [6.45, 7) is 1.30. The molecule has 3 nitrogen and oxygen atoms in total. The largest absolute Gasteiger partial charge is 0.573 e. The second kappa shape index (κ2) is 4.74. The van der Waals surface area contributed by atoms with Crippen LogP contribution < -0.4 is 4.74 Å². The second-order valence-electron chi connectivity index (χ2n) is 2.73. The van der Waals surface area contributed by atoms with Gasteiger partial charge in [-0.05, 0) is 47.2 Å². The van der Waals surface area contributed by atoms with Crippen molar-refractivity contribution in [3.8, 4) is 5.75 Å². The molecule has 0 N–H and O–H groups in total. The van der Waals surface area contributed by atoms with E-state index in [-0.39, 0.29) is 15.0 Å². The van der Waals surface area contributed by atoms with Crippen molar-refractivity contribution < 1.29 is 22.7 Å². The minimum Gasteiger partial charge on any atom is -0.403 e. The summed E-state index contributed by atoms with van der Waals surface area (Å²) in [6, 6.07) is 1.13. The van der Waals surface area contributed by atoms with E-state index in [2.05, 4.69) is 9.72 Å². The molecular weight excluding hydrogens is 361 g/mol. The van der Waals surface area contributed by atoms with Gasteiger partial charge in [0.05, 0.1) is 9.26 Å². The van der Waals surface area contributed by atoms with Crippen LogP contribution in [0.4, 0.5) is 13.2 Å². The van der Waals surface area contributed by atoms with E-state index in [1.54, 1.807) is 22.6 Å². The second-order valence-corrected chi connectivity index (χ2v) is 4.23. The zero-order valence-electron chi connectivity index (χ0n) is 7.73. The van der Waals surface area contributed by atoms with Crippen molar-refractivity contribution in [2.24, 2.45) is 0 Å². The number of ether oxygens (including phenoxy) is 1. The Hall–Kier alpha value is -0.570. The summed E-state index contributed by atoms with van der Waals surface area (Å²) >= 11 is 6.77.